The molecule has 1 heterocycles. The van der Waals surface area contributed by atoms with E-state index in [-0.39, 0.29) is 59.9 Å². The Balaban J connectivity index is 1.60. The van der Waals surface area contributed by atoms with Gasteiger partial charge in [-0.25, -0.2) is 15.8 Å². The molecule has 0 spiro atoms. The van der Waals surface area contributed by atoms with E-state index < -0.39 is 87.4 Å². The number of nitrogens with zero attached hydrogens (tertiary/aromatic N) is 7. The highest BCUT2D eigenvalue weighted by molar-refractivity contribution is 7.99. The molecule has 0 aliphatic heterocycles. The number of hydrogen-bond acceptors (Lipinski definition) is 31. The van der Waals surface area contributed by atoms with E-state index in [4.69, 9.17) is 42.4 Å². The Hall–Kier alpha value is -4.81. The van der Waals surface area contributed by atoms with Crippen LogP contribution in [0.5, 0.6) is 5.75 Å². The number of anilines is 3. The van der Waals surface area contributed by atoms with Crippen molar-refractivity contribution in [3.8, 4) is 5.75 Å². The maximum Gasteiger partial charge on any atom is 0.330 e. The fraction of sp³-hybridized carbons (Fsp3) is 0.0690. The van der Waals surface area contributed by atoms with Crippen LogP contribution in [0.3, 0.4) is 0 Å². The zero-order valence-corrected chi connectivity index (χ0v) is 37.9. The minimum Gasteiger partial charge on any atom is -0.505 e. The van der Waals surface area contributed by atoms with Crippen molar-refractivity contribution < 1.29 is 93.8 Å². The van der Waals surface area contributed by atoms with Gasteiger partial charge in [-0.1, -0.05) is 26.9 Å². The van der Waals surface area contributed by atoms with Crippen molar-refractivity contribution >= 4 is 155 Å². The lowest BCUT2D eigenvalue weighted by Crippen LogP contribution is -2.03. The molecule has 0 fully saturated rings. The molecule has 0 amide bonds. The molecule has 1 aromatic heterocycles. The van der Waals surface area contributed by atoms with Gasteiger partial charge in [0.1, 0.15) is 38.3 Å². The Bertz CT molecular complexity index is 2920. The van der Waals surface area contributed by atoms with Gasteiger partial charge in [0.2, 0.25) is 11.2 Å². The normalized spacial score (nSPS) is 12.1. The van der Waals surface area contributed by atoms with Gasteiger partial charge in [-0.3, -0.25) is 18.7 Å². The fourth-order valence-corrected chi connectivity index (χ4v) is 8.71. The molecule has 37 heteroatoms. The number of halogens is 1. The van der Waals surface area contributed by atoms with Crippen LogP contribution in [0.25, 0.3) is 10.8 Å². The minimum absolute atomic E-state index is 0.0340. The first-order chi connectivity index (χ1) is 31.3. The number of benzene rings is 4. The Kier molecular flexibility index (Phi) is 18.8. The molecule has 29 nitrogen and oxygen atoms in total. The number of azo groups is 2. The van der Waals surface area contributed by atoms with Crippen LogP contribution in [0.1, 0.15) is 0 Å². The minimum atomic E-state index is -5.24. The summed E-state index contributed by atoms with van der Waals surface area (Å²) in [5, 5.41) is 74.5. The summed E-state index contributed by atoms with van der Waals surface area (Å²) in [4.78, 5) is 32.5. The van der Waals surface area contributed by atoms with E-state index in [0.717, 1.165) is 36.0 Å². The van der Waals surface area contributed by atoms with Crippen molar-refractivity contribution in [3.63, 3.8) is 0 Å². The van der Waals surface area contributed by atoms with Crippen LogP contribution in [0.2, 0.25) is 5.28 Å². The molecule has 0 aliphatic rings. The van der Waals surface area contributed by atoms with Crippen LogP contribution < -0.4 is 11.1 Å². The number of carboxylic acids is 1. The number of aliphatic carboxylic acids is 1. The second-order valence-corrected chi connectivity index (χ2v) is 18.4. The number of carbonyl (C=O) groups is 2. The predicted molar refractivity (Wildman–Crippen MR) is 228 cm³/mol. The summed E-state index contributed by atoms with van der Waals surface area (Å²) in [7, 11) is -10.3. The summed E-state index contributed by atoms with van der Waals surface area (Å²) in [6.45, 7) is 0. The Morgan fingerprint density at radius 1 is 0.758 bits per heavy atom. The highest BCUT2D eigenvalue weighted by atomic mass is 35.5. The zero-order valence-electron chi connectivity index (χ0n) is 31.4. The molecule has 5 aromatic rings. The topological polar surface area (TPSA) is 435 Å². The highest BCUT2D eigenvalue weighted by Gasteiger charge is 2.26. The van der Waals surface area contributed by atoms with Crippen molar-refractivity contribution in [2.45, 2.75) is 29.6 Å². The largest absolute Gasteiger partial charge is 0.505 e. The lowest BCUT2D eigenvalue weighted by molar-refractivity contribution is -0.432. The second kappa shape index (κ2) is 23.8. The number of carbonyl (C=O) groups excluding carboxylic acids is 1. The van der Waals surface area contributed by atoms with Gasteiger partial charge in [0.15, 0.2) is 10.9 Å². The summed E-state index contributed by atoms with van der Waals surface area (Å²) in [5.41, 5.74) is 3.73. The summed E-state index contributed by atoms with van der Waals surface area (Å²) in [5.74, 6) is -4.03. The lowest BCUT2D eigenvalue weighted by atomic mass is 10.1. The molecule has 5 rings (SSSR count). The Morgan fingerprint density at radius 3 is 2.09 bits per heavy atom. The van der Waals surface area contributed by atoms with E-state index in [2.05, 4.69) is 68.8 Å². The van der Waals surface area contributed by atoms with Crippen molar-refractivity contribution in [2.75, 3.05) is 22.6 Å². The summed E-state index contributed by atoms with van der Waals surface area (Å²) >= 11 is 7.99. The number of nitrogen functional groups attached to an aromatic ring is 1. The Morgan fingerprint density at radius 2 is 1.42 bits per heavy atom. The molecule has 0 saturated carbocycles. The van der Waals surface area contributed by atoms with E-state index >= 15 is 0 Å². The smallest absolute Gasteiger partial charge is 0.330 e. The quantitative estimate of drug-likeness (QED) is 0.00442. The van der Waals surface area contributed by atoms with Crippen LogP contribution >= 0.6 is 71.5 Å². The van der Waals surface area contributed by atoms with Crippen LogP contribution in [0.15, 0.2) is 98.6 Å². The summed E-state index contributed by atoms with van der Waals surface area (Å²) in [6, 6.07) is 8.89. The third-order valence-electron chi connectivity index (χ3n) is 7.24. The highest BCUT2D eigenvalue weighted by Crippen LogP contribution is 2.50. The average Bonchev–Trinajstić information content (AvgIpc) is 3.25. The Labute approximate surface area is 393 Å². The first-order valence-electron chi connectivity index (χ1n) is 16.3. The van der Waals surface area contributed by atoms with Crippen molar-refractivity contribution in [1.82, 2.24) is 15.0 Å². The molecular weight excluding hydrogens is 1050 g/mol. The average molecular weight is 1080 g/mol. The molecule has 0 radical (unpaired) electrons. The van der Waals surface area contributed by atoms with Gasteiger partial charge in [0.05, 0.1) is 62.7 Å². The van der Waals surface area contributed by atoms with Gasteiger partial charge in [-0.15, -0.1) is 33.5 Å². The molecule has 0 atom stereocenters. The number of thioether (sulfide) groups is 1. The number of carboxylic acid groups (broad SMARTS) is 1. The number of hydrogen-bond donors (Lipinski definition) is 9. The second-order valence-electron chi connectivity index (χ2n) is 11.4. The van der Waals surface area contributed by atoms with Crippen LogP contribution in [-0.2, 0) is 62.1 Å². The van der Waals surface area contributed by atoms with E-state index in [1.165, 1.54) is 24.3 Å². The number of phenolic OH excluding ortho intramolecular Hbond substituents is 1. The number of aromatic hydroxyl groups is 1. The van der Waals surface area contributed by atoms with E-state index in [0.29, 0.717) is 36.1 Å². The molecule has 66 heavy (non-hydrogen) atoms. The van der Waals surface area contributed by atoms with Gasteiger partial charge in [-0.05, 0) is 65.5 Å². The summed E-state index contributed by atoms with van der Waals surface area (Å²) in [6.07, 6.45) is 0. The first kappa shape index (κ1) is 52.2. The molecular formula is C29H22ClN9O20S7. The van der Waals surface area contributed by atoms with Crippen molar-refractivity contribution in [3.05, 3.63) is 53.8 Å². The standard InChI is InChI=1S/C29H22ClN9O20S7/c30-27-33-28(35-29(34-27)60-9-20(40)41)32-12-1-4-16(63-58-55-45)15(7-12)37-39-25-19(66(50,51)52)6-11-5-17(64-59-56-46)24(26(43)22(11)23(25)31)38-36-14-3-2-13(8-18(14)65(47,48)49)62-53-21(42)10-61-57-54-44/h1-8,43-46H,9-10,31H2,(H,40,41)(H,47,48,49)(H,50,51,52)(H,32,33,34,35). The van der Waals surface area contributed by atoms with Gasteiger partial charge < -0.3 is 25.4 Å². The van der Waals surface area contributed by atoms with Gasteiger partial charge in [-0.2, -0.15) is 31.8 Å². The van der Waals surface area contributed by atoms with Gasteiger partial charge in [0, 0.05) is 22.6 Å². The molecule has 352 valence electrons. The lowest BCUT2D eigenvalue weighted by Gasteiger charge is -2.14. The first-order valence-corrected chi connectivity index (χ1v) is 23.7. The SMILES string of the molecule is Nc1c(N=Nc2cc(Nc3nc(Cl)nc(SCC(=O)O)n3)ccc2SOOO)c(S(=O)(=O)O)cc2cc(SOOO)c(N=Nc3ccc(SOC(=O)CSOOO)cc3S(=O)(=O)O)c(O)c12. The zero-order chi connectivity index (χ0) is 48.2. The maximum atomic E-state index is 12.8. The molecule has 0 unspecified atom stereocenters. The number of rotatable bonds is 23. The number of nitrogens with one attached hydrogen (secondary N) is 1. The third-order valence-corrected chi connectivity index (χ3v) is 12.5. The van der Waals surface area contributed by atoms with E-state index in [9.17, 15) is 40.6 Å². The predicted octanol–water partition coefficient (Wildman–Crippen LogP) is 7.69. The molecule has 4 aromatic carbocycles. The van der Waals surface area contributed by atoms with Crippen molar-refractivity contribution in [1.29, 1.82) is 0 Å². The number of phenols is 1. The van der Waals surface area contributed by atoms with Crippen molar-refractivity contribution in [2.24, 2.45) is 20.5 Å². The van der Waals surface area contributed by atoms with E-state index in [1.807, 2.05) is 0 Å². The van der Waals surface area contributed by atoms with E-state index in [1.54, 1.807) is 0 Å². The van der Waals surface area contributed by atoms with Gasteiger partial charge >= 0.3 is 11.9 Å². The van der Waals surface area contributed by atoms with Crippen LogP contribution in [-0.4, -0.2) is 90.3 Å². The number of aromatic nitrogens is 3. The summed E-state index contributed by atoms with van der Waals surface area (Å²) < 4.78 is 88.5. The fourth-order valence-electron chi connectivity index (χ4n) is 4.78. The molecule has 0 aliphatic carbocycles. The van der Waals surface area contributed by atoms with Crippen LogP contribution in [0, 0.1) is 0 Å². The van der Waals surface area contributed by atoms with Gasteiger partial charge in [0.25, 0.3) is 20.2 Å². The van der Waals surface area contributed by atoms with Crippen LogP contribution in [0.4, 0.5) is 40.1 Å². The molecule has 0 bridgehead atoms. The number of nitrogens with two attached hydrogens (primary N) is 1. The molecule has 0 saturated heterocycles. The third kappa shape index (κ3) is 14.3. The maximum absolute atomic E-state index is 12.8. The monoisotopic (exact) mass is 1070 g/mol. The number of fused-ring (bicyclic) bond motifs is 1. The molecule has 10 N–H and O–H groups in total.